The highest BCUT2D eigenvalue weighted by molar-refractivity contribution is 9.11. The van der Waals surface area contributed by atoms with Crippen molar-refractivity contribution in [2.24, 2.45) is 0 Å². The van der Waals surface area contributed by atoms with E-state index in [1.807, 2.05) is 0 Å². The Bertz CT molecular complexity index is 489. The SMILES string of the molecule is C=C(Br)CNc1ccc(C(F)(F)F)cc1[N+](=O)[O-]. The lowest BCUT2D eigenvalue weighted by Crippen LogP contribution is -2.08. The largest absolute Gasteiger partial charge is 0.416 e. The Morgan fingerprint density at radius 3 is 2.56 bits per heavy atom. The third-order valence-corrected chi connectivity index (χ3v) is 2.27. The summed E-state index contributed by atoms with van der Waals surface area (Å²) in [6.45, 7) is 3.68. The van der Waals surface area contributed by atoms with Crippen LogP contribution < -0.4 is 5.32 Å². The molecule has 0 aliphatic rings. The summed E-state index contributed by atoms with van der Waals surface area (Å²) in [5, 5.41) is 13.3. The van der Waals surface area contributed by atoms with E-state index in [2.05, 4.69) is 27.8 Å². The molecule has 1 aromatic carbocycles. The Morgan fingerprint density at radius 1 is 1.50 bits per heavy atom. The number of nitrogens with one attached hydrogen (secondary N) is 1. The molecule has 0 unspecified atom stereocenters. The first kappa shape index (κ1) is 14.5. The first-order valence-electron chi connectivity index (χ1n) is 4.64. The standard InChI is InChI=1S/C10H8BrF3N2O2/c1-6(11)5-15-8-3-2-7(10(12,13)14)4-9(8)16(17)18/h2-4,15H,1,5H2. The molecule has 0 atom stereocenters. The lowest BCUT2D eigenvalue weighted by Gasteiger charge is -2.10. The summed E-state index contributed by atoms with van der Waals surface area (Å²) in [6, 6.07) is 2.31. The van der Waals surface area contributed by atoms with Gasteiger partial charge in [-0.2, -0.15) is 13.2 Å². The lowest BCUT2D eigenvalue weighted by atomic mass is 10.1. The zero-order chi connectivity index (χ0) is 13.9. The van der Waals surface area contributed by atoms with Crippen LogP contribution in [0, 0.1) is 10.1 Å². The molecule has 0 aromatic heterocycles. The molecule has 0 heterocycles. The van der Waals surface area contributed by atoms with Gasteiger partial charge in [0.1, 0.15) is 5.69 Å². The Kier molecular flexibility index (Phi) is 4.33. The fraction of sp³-hybridized carbons (Fsp3) is 0.200. The number of nitro groups is 1. The number of nitro benzene ring substituents is 1. The van der Waals surface area contributed by atoms with E-state index in [9.17, 15) is 23.3 Å². The molecule has 18 heavy (non-hydrogen) atoms. The molecule has 0 aliphatic carbocycles. The van der Waals surface area contributed by atoms with E-state index < -0.39 is 22.4 Å². The van der Waals surface area contributed by atoms with Gasteiger partial charge in [0.15, 0.2) is 0 Å². The number of anilines is 1. The molecule has 0 fully saturated rings. The fourth-order valence-corrected chi connectivity index (χ4v) is 1.34. The van der Waals surface area contributed by atoms with Gasteiger partial charge >= 0.3 is 6.18 Å². The van der Waals surface area contributed by atoms with Crippen LogP contribution in [0.3, 0.4) is 0 Å². The van der Waals surface area contributed by atoms with Gasteiger partial charge in [0.2, 0.25) is 0 Å². The van der Waals surface area contributed by atoms with Crippen molar-refractivity contribution in [3.05, 3.63) is 44.9 Å². The molecule has 0 radical (unpaired) electrons. The molecule has 1 rings (SSSR count). The summed E-state index contributed by atoms with van der Waals surface area (Å²) in [4.78, 5) is 9.84. The Morgan fingerprint density at radius 2 is 2.11 bits per heavy atom. The second-order valence-corrected chi connectivity index (χ2v) is 4.48. The van der Waals surface area contributed by atoms with Crippen LogP contribution in [-0.2, 0) is 6.18 Å². The second-order valence-electron chi connectivity index (χ2n) is 3.36. The summed E-state index contributed by atoms with van der Waals surface area (Å²) < 4.78 is 37.8. The van der Waals surface area contributed by atoms with Gasteiger partial charge < -0.3 is 5.32 Å². The van der Waals surface area contributed by atoms with E-state index in [0.29, 0.717) is 10.5 Å². The number of alkyl halides is 3. The monoisotopic (exact) mass is 324 g/mol. The minimum atomic E-state index is -4.61. The number of hydrogen-bond donors (Lipinski definition) is 1. The van der Waals surface area contributed by atoms with Crippen LogP contribution in [0.5, 0.6) is 0 Å². The van der Waals surface area contributed by atoms with Gasteiger partial charge in [0.05, 0.1) is 10.5 Å². The Hall–Kier alpha value is -1.57. The van der Waals surface area contributed by atoms with Gasteiger partial charge in [-0.05, 0) is 12.1 Å². The molecule has 0 bridgehead atoms. The zero-order valence-electron chi connectivity index (χ0n) is 8.92. The van der Waals surface area contributed by atoms with E-state index in [1.54, 1.807) is 0 Å². The van der Waals surface area contributed by atoms with Crippen LogP contribution in [0.15, 0.2) is 29.3 Å². The van der Waals surface area contributed by atoms with Crippen LogP contribution in [0.1, 0.15) is 5.56 Å². The van der Waals surface area contributed by atoms with Gasteiger partial charge in [0.25, 0.3) is 5.69 Å². The summed E-state index contributed by atoms with van der Waals surface area (Å²) in [5.41, 5.74) is -1.68. The lowest BCUT2D eigenvalue weighted by molar-refractivity contribution is -0.384. The molecule has 4 nitrogen and oxygen atoms in total. The number of nitrogens with zero attached hydrogens (tertiary/aromatic N) is 1. The van der Waals surface area contributed by atoms with Crippen molar-refractivity contribution >= 4 is 27.3 Å². The molecule has 8 heteroatoms. The van der Waals surface area contributed by atoms with Gasteiger partial charge in [-0.3, -0.25) is 10.1 Å². The maximum absolute atomic E-state index is 12.4. The summed E-state index contributed by atoms with van der Waals surface area (Å²) in [5.74, 6) is 0. The Labute approximate surface area is 109 Å². The fourth-order valence-electron chi connectivity index (χ4n) is 1.20. The number of rotatable bonds is 4. The van der Waals surface area contributed by atoms with Crippen LogP contribution >= 0.6 is 15.9 Å². The van der Waals surface area contributed by atoms with E-state index in [4.69, 9.17) is 0 Å². The summed E-state index contributed by atoms with van der Waals surface area (Å²) in [6.07, 6.45) is -4.61. The van der Waals surface area contributed by atoms with Crippen LogP contribution in [0.25, 0.3) is 0 Å². The van der Waals surface area contributed by atoms with Crippen molar-refractivity contribution in [2.75, 3.05) is 11.9 Å². The van der Waals surface area contributed by atoms with E-state index in [-0.39, 0.29) is 12.2 Å². The van der Waals surface area contributed by atoms with E-state index >= 15 is 0 Å². The number of halogens is 4. The summed E-state index contributed by atoms with van der Waals surface area (Å²) >= 11 is 3.03. The molecule has 0 saturated heterocycles. The van der Waals surface area contributed by atoms with Gasteiger partial charge in [-0.25, -0.2) is 0 Å². The van der Waals surface area contributed by atoms with Crippen molar-refractivity contribution in [3.8, 4) is 0 Å². The predicted octanol–water partition coefficient (Wildman–Crippen LogP) is 3.93. The molecule has 1 N–H and O–H groups in total. The highest BCUT2D eigenvalue weighted by Crippen LogP contribution is 2.34. The molecule has 0 aliphatic heterocycles. The van der Waals surface area contributed by atoms with Crippen molar-refractivity contribution in [1.82, 2.24) is 0 Å². The molecule has 0 spiro atoms. The van der Waals surface area contributed by atoms with Crippen LogP contribution in [0.4, 0.5) is 24.5 Å². The highest BCUT2D eigenvalue weighted by atomic mass is 79.9. The van der Waals surface area contributed by atoms with Gasteiger partial charge in [-0.15, -0.1) is 0 Å². The normalized spacial score (nSPS) is 11.1. The maximum atomic E-state index is 12.4. The van der Waals surface area contributed by atoms with Gasteiger partial charge in [-0.1, -0.05) is 22.5 Å². The predicted molar refractivity (Wildman–Crippen MR) is 64.7 cm³/mol. The average molecular weight is 325 g/mol. The Balaban J connectivity index is 3.13. The van der Waals surface area contributed by atoms with E-state index in [0.717, 1.165) is 12.1 Å². The van der Waals surface area contributed by atoms with Crippen LogP contribution in [0.2, 0.25) is 0 Å². The minimum absolute atomic E-state index is 0.00796. The van der Waals surface area contributed by atoms with E-state index in [1.165, 1.54) is 0 Å². The summed E-state index contributed by atoms with van der Waals surface area (Å²) in [7, 11) is 0. The van der Waals surface area contributed by atoms with Gasteiger partial charge in [0, 0.05) is 17.1 Å². The molecular weight excluding hydrogens is 317 g/mol. The second kappa shape index (κ2) is 5.38. The quantitative estimate of drug-likeness (QED) is 0.674. The number of benzene rings is 1. The number of hydrogen-bond acceptors (Lipinski definition) is 3. The third kappa shape index (κ3) is 3.73. The van der Waals surface area contributed by atoms with Crippen molar-refractivity contribution in [3.63, 3.8) is 0 Å². The first-order chi connectivity index (χ1) is 8.21. The van der Waals surface area contributed by atoms with Crippen LogP contribution in [-0.4, -0.2) is 11.5 Å². The molecule has 1 aromatic rings. The molecule has 0 saturated carbocycles. The molecular formula is C10H8BrF3N2O2. The average Bonchev–Trinajstić information content (AvgIpc) is 2.24. The molecule has 0 amide bonds. The maximum Gasteiger partial charge on any atom is 0.416 e. The first-order valence-corrected chi connectivity index (χ1v) is 5.44. The third-order valence-electron chi connectivity index (χ3n) is 1.99. The minimum Gasteiger partial charge on any atom is -0.375 e. The van der Waals surface area contributed by atoms with Crippen molar-refractivity contribution in [1.29, 1.82) is 0 Å². The topological polar surface area (TPSA) is 55.2 Å². The van der Waals surface area contributed by atoms with Crippen molar-refractivity contribution in [2.45, 2.75) is 6.18 Å². The zero-order valence-corrected chi connectivity index (χ0v) is 10.5. The molecule has 98 valence electrons. The smallest absolute Gasteiger partial charge is 0.375 e. The van der Waals surface area contributed by atoms with Crippen molar-refractivity contribution < 1.29 is 18.1 Å². The highest BCUT2D eigenvalue weighted by Gasteiger charge is 2.32.